The van der Waals surface area contributed by atoms with Gasteiger partial charge in [-0.2, -0.15) is 0 Å². The number of para-hydroxylation sites is 1. The maximum atomic E-state index is 12.9. The predicted molar refractivity (Wildman–Crippen MR) is 122 cm³/mol. The summed E-state index contributed by atoms with van der Waals surface area (Å²) in [5.41, 5.74) is 3.47. The molecule has 7 nitrogen and oxygen atoms in total. The molecule has 1 aliphatic heterocycles. The van der Waals surface area contributed by atoms with E-state index < -0.39 is 4.92 Å². The van der Waals surface area contributed by atoms with Gasteiger partial charge < -0.3 is 4.57 Å². The van der Waals surface area contributed by atoms with E-state index in [2.05, 4.69) is 0 Å². The lowest BCUT2D eigenvalue weighted by molar-refractivity contribution is -0.384. The normalized spacial score (nSPS) is 15.2. The van der Waals surface area contributed by atoms with E-state index in [1.54, 1.807) is 36.4 Å². The Hall–Kier alpha value is -3.36. The molecule has 2 heterocycles. The third-order valence-corrected chi connectivity index (χ3v) is 6.12. The quantitative estimate of drug-likeness (QED) is 0.279. The summed E-state index contributed by atoms with van der Waals surface area (Å²) in [6.45, 7) is 3.75. The Kier molecular flexibility index (Phi) is 5.43. The van der Waals surface area contributed by atoms with Crippen LogP contribution < -0.4 is 4.90 Å². The van der Waals surface area contributed by atoms with Gasteiger partial charge in [-0.3, -0.25) is 19.7 Å². The number of carbonyl (C=O) groups excluding carboxylic acids is 2. The Morgan fingerprint density at radius 3 is 2.39 bits per heavy atom. The average Bonchev–Trinajstić information content (AvgIpc) is 3.16. The molecule has 1 aliphatic rings. The molecular formula is C22H16ClN3O4S. The van der Waals surface area contributed by atoms with E-state index in [9.17, 15) is 19.7 Å². The predicted octanol–water partition coefficient (Wildman–Crippen LogP) is 5.90. The monoisotopic (exact) mass is 453 g/mol. The van der Waals surface area contributed by atoms with Crippen molar-refractivity contribution in [1.29, 1.82) is 0 Å². The molecule has 0 N–H and O–H groups in total. The van der Waals surface area contributed by atoms with Crippen LogP contribution in [0.5, 0.6) is 0 Å². The second-order valence-electron chi connectivity index (χ2n) is 6.91. The third-order valence-electron chi connectivity index (χ3n) is 4.95. The first-order valence-electron chi connectivity index (χ1n) is 9.24. The third kappa shape index (κ3) is 3.75. The number of thioether (sulfide) groups is 1. The Morgan fingerprint density at radius 1 is 1.03 bits per heavy atom. The topological polar surface area (TPSA) is 85.5 Å². The highest BCUT2D eigenvalue weighted by molar-refractivity contribution is 8.19. The smallest absolute Gasteiger partial charge is 0.298 e. The SMILES string of the molecule is Cc1cc(/C=C2\SC(=O)N(c3ccccc3)C2=O)c(C)n1-c1ccc([N+](=O)[O-])c(Cl)c1. The second kappa shape index (κ2) is 8.05. The maximum Gasteiger partial charge on any atom is 0.298 e. The molecule has 2 amide bonds. The Bertz CT molecular complexity index is 1270. The molecule has 0 spiro atoms. The van der Waals surface area contributed by atoms with Crippen molar-refractivity contribution in [3.63, 3.8) is 0 Å². The number of nitro benzene ring substituents is 1. The van der Waals surface area contributed by atoms with Crippen molar-refractivity contribution in [2.75, 3.05) is 4.90 Å². The Balaban J connectivity index is 1.71. The highest BCUT2D eigenvalue weighted by atomic mass is 35.5. The molecule has 4 rings (SSSR count). The first-order chi connectivity index (χ1) is 14.8. The zero-order valence-electron chi connectivity index (χ0n) is 16.5. The summed E-state index contributed by atoms with van der Waals surface area (Å²) in [5.74, 6) is -0.371. The van der Waals surface area contributed by atoms with Crippen LogP contribution in [0.3, 0.4) is 0 Å². The summed E-state index contributed by atoms with van der Waals surface area (Å²) in [6.07, 6.45) is 1.69. The lowest BCUT2D eigenvalue weighted by atomic mass is 10.2. The van der Waals surface area contributed by atoms with Crippen molar-refractivity contribution < 1.29 is 14.5 Å². The van der Waals surface area contributed by atoms with E-state index >= 15 is 0 Å². The van der Waals surface area contributed by atoms with E-state index in [4.69, 9.17) is 11.6 Å². The van der Waals surface area contributed by atoms with Crippen LogP contribution in [0.4, 0.5) is 16.2 Å². The molecule has 0 atom stereocenters. The molecule has 31 heavy (non-hydrogen) atoms. The summed E-state index contributed by atoms with van der Waals surface area (Å²) in [6, 6.07) is 15.2. The number of hydrogen-bond acceptors (Lipinski definition) is 5. The highest BCUT2D eigenvalue weighted by Gasteiger charge is 2.36. The fourth-order valence-electron chi connectivity index (χ4n) is 3.52. The van der Waals surface area contributed by atoms with Gasteiger partial charge in [-0.25, -0.2) is 4.90 Å². The first kappa shape index (κ1) is 20.9. The molecule has 1 aromatic heterocycles. The lowest BCUT2D eigenvalue weighted by Gasteiger charge is -2.11. The molecule has 0 bridgehead atoms. The molecule has 9 heteroatoms. The molecular weight excluding hydrogens is 438 g/mol. The van der Waals surface area contributed by atoms with Crippen molar-refractivity contribution in [2.24, 2.45) is 0 Å². The molecule has 1 saturated heterocycles. The van der Waals surface area contributed by atoms with Crippen molar-refractivity contribution in [1.82, 2.24) is 4.57 Å². The minimum absolute atomic E-state index is 0.0422. The van der Waals surface area contributed by atoms with Crippen LogP contribution in [0.1, 0.15) is 17.0 Å². The zero-order valence-corrected chi connectivity index (χ0v) is 18.1. The summed E-state index contributed by atoms with van der Waals surface area (Å²) in [7, 11) is 0. The van der Waals surface area contributed by atoms with E-state index in [1.165, 1.54) is 12.1 Å². The number of hydrogen-bond donors (Lipinski definition) is 0. The number of amides is 2. The van der Waals surface area contributed by atoms with Gasteiger partial charge in [-0.1, -0.05) is 29.8 Å². The maximum absolute atomic E-state index is 12.9. The number of imide groups is 1. The molecule has 2 aromatic carbocycles. The number of aryl methyl sites for hydroxylation is 1. The summed E-state index contributed by atoms with van der Waals surface area (Å²) in [5, 5.41) is 10.7. The van der Waals surface area contributed by atoms with Gasteiger partial charge in [0.15, 0.2) is 0 Å². The van der Waals surface area contributed by atoms with Crippen molar-refractivity contribution >= 4 is 52.0 Å². The van der Waals surface area contributed by atoms with E-state index in [0.717, 1.165) is 33.6 Å². The zero-order chi connectivity index (χ0) is 22.3. The summed E-state index contributed by atoms with van der Waals surface area (Å²) in [4.78, 5) is 37.3. The van der Waals surface area contributed by atoms with Crippen molar-refractivity contribution in [3.05, 3.63) is 91.6 Å². The fourth-order valence-corrected chi connectivity index (χ4v) is 4.60. The molecule has 0 saturated carbocycles. The van der Waals surface area contributed by atoms with Crippen LogP contribution in [0.2, 0.25) is 5.02 Å². The van der Waals surface area contributed by atoms with Crippen LogP contribution >= 0.6 is 23.4 Å². The summed E-state index contributed by atoms with van der Waals surface area (Å²) < 4.78 is 1.89. The largest absolute Gasteiger partial charge is 0.318 e. The average molecular weight is 454 g/mol. The highest BCUT2D eigenvalue weighted by Crippen LogP contribution is 2.37. The number of rotatable bonds is 4. The number of nitro groups is 1. The molecule has 3 aromatic rings. The second-order valence-corrected chi connectivity index (χ2v) is 8.31. The Morgan fingerprint density at radius 2 is 1.74 bits per heavy atom. The van der Waals surface area contributed by atoms with Gasteiger partial charge in [0.2, 0.25) is 0 Å². The van der Waals surface area contributed by atoms with Crippen LogP contribution in [0.25, 0.3) is 11.8 Å². The van der Waals surface area contributed by atoms with E-state index in [0.29, 0.717) is 16.3 Å². The van der Waals surface area contributed by atoms with Gasteiger partial charge >= 0.3 is 0 Å². The van der Waals surface area contributed by atoms with Crippen LogP contribution in [-0.2, 0) is 4.79 Å². The molecule has 0 unspecified atom stereocenters. The minimum Gasteiger partial charge on any atom is -0.318 e. The molecule has 156 valence electrons. The number of anilines is 1. The van der Waals surface area contributed by atoms with Gasteiger partial charge in [-0.15, -0.1) is 0 Å². The van der Waals surface area contributed by atoms with Crippen LogP contribution in [0, 0.1) is 24.0 Å². The fraction of sp³-hybridized carbons (Fsp3) is 0.0909. The van der Waals surface area contributed by atoms with Gasteiger partial charge in [0, 0.05) is 23.1 Å². The number of aromatic nitrogens is 1. The van der Waals surface area contributed by atoms with Crippen LogP contribution in [-0.4, -0.2) is 20.6 Å². The Labute approximate surface area is 187 Å². The van der Waals surface area contributed by atoms with Gasteiger partial charge in [0.05, 0.1) is 15.5 Å². The van der Waals surface area contributed by atoms with E-state index in [-0.39, 0.29) is 21.9 Å². The number of carbonyl (C=O) groups is 2. The van der Waals surface area contributed by atoms with Crippen molar-refractivity contribution in [3.8, 4) is 5.69 Å². The molecule has 1 fully saturated rings. The molecule has 0 aliphatic carbocycles. The van der Waals surface area contributed by atoms with Gasteiger partial charge in [0.1, 0.15) is 5.02 Å². The standard InChI is InChI=1S/C22H16ClN3O4S/c1-13-10-15(14(2)24(13)17-8-9-19(26(29)30)18(23)12-17)11-20-21(27)25(22(28)31-20)16-6-4-3-5-7-16/h3-12H,1-2H3/b20-11-. The number of benzene rings is 2. The minimum atomic E-state index is -0.532. The number of nitrogens with zero attached hydrogens (tertiary/aromatic N) is 3. The van der Waals surface area contributed by atoms with E-state index in [1.807, 2.05) is 30.5 Å². The van der Waals surface area contributed by atoms with Crippen LogP contribution in [0.15, 0.2) is 59.5 Å². The first-order valence-corrected chi connectivity index (χ1v) is 10.4. The molecule has 0 radical (unpaired) electrons. The van der Waals surface area contributed by atoms with Gasteiger partial charge in [0.25, 0.3) is 16.8 Å². The number of halogens is 1. The van der Waals surface area contributed by atoms with Crippen molar-refractivity contribution in [2.45, 2.75) is 13.8 Å². The lowest BCUT2D eigenvalue weighted by Crippen LogP contribution is -2.27. The van der Waals surface area contributed by atoms with Gasteiger partial charge in [-0.05, 0) is 67.6 Å². The summed E-state index contributed by atoms with van der Waals surface area (Å²) >= 11 is 6.97.